The molecule has 0 N–H and O–H groups in total. The number of quaternary nitrogens is 1. The Labute approximate surface area is 493 Å². The van der Waals surface area contributed by atoms with Crippen molar-refractivity contribution >= 4 is 17.9 Å². The predicted octanol–water partition coefficient (Wildman–Crippen LogP) is 17.3. The van der Waals surface area contributed by atoms with Gasteiger partial charge in [-0.3, -0.25) is 9.59 Å². The van der Waals surface area contributed by atoms with Crippen molar-refractivity contribution in [2.24, 2.45) is 0 Å². The Morgan fingerprint density at radius 3 is 1.00 bits per heavy atom. The lowest BCUT2D eigenvalue weighted by Crippen LogP contribution is -2.44. The summed E-state index contributed by atoms with van der Waals surface area (Å²) in [4.78, 5) is 37.3. The molecule has 0 saturated heterocycles. The second-order valence-electron chi connectivity index (χ2n) is 20.5. The number of carbonyl (C=O) groups is 3. The third-order valence-corrected chi connectivity index (χ3v) is 11.8. The first-order chi connectivity index (χ1) is 39.6. The summed E-state index contributed by atoms with van der Waals surface area (Å²) in [6.07, 6.45) is 90.7. The van der Waals surface area contributed by atoms with Crippen molar-refractivity contribution in [1.82, 2.24) is 0 Å². The van der Waals surface area contributed by atoms with Gasteiger partial charge in [-0.05, 0) is 141 Å². The SMILES string of the molecule is CC/C=C\C/C=C\C/C=C\C/C=C\C/C=C\C/C=C\C/C=C\C/C=C\C/C=C\C/C=C\C/C=C\C/C=C\CCCCC(=O)OC(COC(=O)CCCCCC/C=C\C/C=C\C/C=C\C/C=C\CC)COC(OCC[N+](C)(C)C)C(=O)[O-]. The Balaban J connectivity index is 4.35. The summed E-state index contributed by atoms with van der Waals surface area (Å²) < 4.78 is 22.6. The second kappa shape index (κ2) is 60.2. The van der Waals surface area contributed by atoms with Crippen LogP contribution in [0.4, 0.5) is 0 Å². The van der Waals surface area contributed by atoms with Crippen LogP contribution in [0.25, 0.3) is 0 Å². The molecule has 9 nitrogen and oxygen atoms in total. The predicted molar refractivity (Wildman–Crippen MR) is 342 cm³/mol. The van der Waals surface area contributed by atoms with Crippen molar-refractivity contribution in [2.45, 2.75) is 193 Å². The maximum absolute atomic E-state index is 12.9. The summed E-state index contributed by atoms with van der Waals surface area (Å²) in [7, 11) is 5.88. The van der Waals surface area contributed by atoms with Gasteiger partial charge in [0.05, 0.1) is 40.3 Å². The standard InChI is InChI=1S/C72H109NO8/c1-6-8-10-12-14-16-18-20-22-24-25-26-27-28-29-30-31-32-33-34-35-36-37-38-39-40-41-42-43-44-45-47-49-51-53-55-57-59-61-63-70(75)81-68(67-80-72(71(76)77)78-65-64-73(3,4)5)66-79-69(74)62-60-58-56-54-52-50-48-46-23-21-19-17-15-13-11-9-7-2/h8-11,14-17,20-23,25-26,28-29,31-32,34-35,37-38,40-41,43-44,47-50,53,55,68,72H,6-7,12-13,18-19,24,27,30,33,36,39,42,45-46,51-52,54,56-67H2,1-5H3/b10-8-,11-9-,16-14-,17-15-,22-20-,23-21-,26-25-,29-28-,32-31-,35-34-,38-37-,41-40-,44-43-,49-47-,50-48-,55-53-. The summed E-state index contributed by atoms with van der Waals surface area (Å²) in [6, 6.07) is 0. The number of unbranched alkanes of at least 4 members (excludes halogenated alkanes) is 6. The minimum absolute atomic E-state index is 0.123. The fourth-order valence-electron chi connectivity index (χ4n) is 7.21. The molecule has 81 heavy (non-hydrogen) atoms. The molecule has 2 atom stereocenters. The highest BCUT2D eigenvalue weighted by atomic mass is 16.7. The fourth-order valence-corrected chi connectivity index (χ4v) is 7.21. The van der Waals surface area contributed by atoms with Crippen LogP contribution in [0.5, 0.6) is 0 Å². The van der Waals surface area contributed by atoms with Crippen molar-refractivity contribution in [2.75, 3.05) is 47.5 Å². The molecular formula is C72H109NO8. The molecule has 0 saturated carbocycles. The van der Waals surface area contributed by atoms with E-state index in [1.54, 1.807) is 0 Å². The van der Waals surface area contributed by atoms with Crippen molar-refractivity contribution in [1.29, 1.82) is 0 Å². The lowest BCUT2D eigenvalue weighted by Gasteiger charge is -2.26. The number of likely N-dealkylation sites (N-methyl/N-ethyl adjacent to an activating group) is 1. The number of carboxylic acids is 1. The molecule has 0 fully saturated rings. The zero-order chi connectivity index (χ0) is 59.1. The van der Waals surface area contributed by atoms with E-state index >= 15 is 0 Å². The molecule has 0 radical (unpaired) electrons. The van der Waals surface area contributed by atoms with Crippen LogP contribution in [0.1, 0.15) is 181 Å². The van der Waals surface area contributed by atoms with Crippen molar-refractivity contribution in [3.05, 3.63) is 194 Å². The summed E-state index contributed by atoms with van der Waals surface area (Å²) in [5.74, 6) is -2.41. The van der Waals surface area contributed by atoms with Crippen LogP contribution in [0.15, 0.2) is 194 Å². The van der Waals surface area contributed by atoms with Gasteiger partial charge in [-0.1, -0.05) is 221 Å². The lowest BCUT2D eigenvalue weighted by molar-refractivity contribution is -0.870. The van der Waals surface area contributed by atoms with Crippen LogP contribution in [-0.2, 0) is 33.3 Å². The molecule has 2 unspecified atom stereocenters. The molecule has 0 aromatic heterocycles. The van der Waals surface area contributed by atoms with Crippen molar-refractivity contribution < 1.29 is 42.9 Å². The molecule has 0 amide bonds. The number of ether oxygens (including phenoxy) is 4. The van der Waals surface area contributed by atoms with Crippen molar-refractivity contribution in [3.63, 3.8) is 0 Å². The molecule has 9 heteroatoms. The lowest BCUT2D eigenvalue weighted by atomic mass is 10.1. The number of nitrogens with zero attached hydrogens (tertiary/aromatic N) is 1. The number of esters is 2. The third-order valence-electron chi connectivity index (χ3n) is 11.8. The highest BCUT2D eigenvalue weighted by Gasteiger charge is 2.22. The maximum Gasteiger partial charge on any atom is 0.306 e. The first-order valence-electron chi connectivity index (χ1n) is 30.6. The number of allylic oxidation sites excluding steroid dienone is 32. The molecule has 0 aliphatic carbocycles. The number of carbonyl (C=O) groups excluding carboxylic acids is 3. The Morgan fingerprint density at radius 1 is 0.370 bits per heavy atom. The van der Waals surface area contributed by atoms with E-state index in [2.05, 4.69) is 208 Å². The molecule has 0 bridgehead atoms. The number of rotatable bonds is 53. The van der Waals surface area contributed by atoms with E-state index in [1.807, 2.05) is 21.1 Å². The molecule has 0 heterocycles. The molecule has 450 valence electrons. The highest BCUT2D eigenvalue weighted by molar-refractivity contribution is 5.70. The Morgan fingerprint density at radius 2 is 0.667 bits per heavy atom. The fraction of sp³-hybridized carbons (Fsp3) is 0.514. The molecule has 0 spiro atoms. The summed E-state index contributed by atoms with van der Waals surface area (Å²) in [6.45, 7) is 4.39. The molecule has 0 aliphatic heterocycles. The van der Waals surface area contributed by atoms with Gasteiger partial charge in [-0.25, -0.2) is 0 Å². The van der Waals surface area contributed by atoms with E-state index in [0.29, 0.717) is 23.9 Å². The zero-order valence-electron chi connectivity index (χ0n) is 51.1. The van der Waals surface area contributed by atoms with Gasteiger partial charge in [0.2, 0.25) is 0 Å². The highest BCUT2D eigenvalue weighted by Crippen LogP contribution is 2.11. The van der Waals surface area contributed by atoms with Gasteiger partial charge in [0.1, 0.15) is 13.2 Å². The van der Waals surface area contributed by atoms with Gasteiger partial charge in [0, 0.05) is 12.8 Å². The minimum Gasteiger partial charge on any atom is -0.545 e. The van der Waals surface area contributed by atoms with E-state index in [9.17, 15) is 19.5 Å². The van der Waals surface area contributed by atoms with E-state index in [1.165, 1.54) is 0 Å². The van der Waals surface area contributed by atoms with Gasteiger partial charge >= 0.3 is 11.9 Å². The molecule has 0 rings (SSSR count). The van der Waals surface area contributed by atoms with Crippen LogP contribution >= 0.6 is 0 Å². The number of hydrogen-bond donors (Lipinski definition) is 0. The van der Waals surface area contributed by atoms with Gasteiger partial charge in [-0.2, -0.15) is 0 Å². The topological polar surface area (TPSA) is 111 Å². The van der Waals surface area contributed by atoms with Gasteiger partial charge in [-0.15, -0.1) is 0 Å². The van der Waals surface area contributed by atoms with Gasteiger partial charge in [0.25, 0.3) is 0 Å². The average Bonchev–Trinajstić information content (AvgIpc) is 3.44. The van der Waals surface area contributed by atoms with Crippen LogP contribution in [-0.4, -0.2) is 82.3 Å². The average molecular weight is 1120 g/mol. The number of aliphatic carboxylic acids is 1. The van der Waals surface area contributed by atoms with Crippen LogP contribution < -0.4 is 5.11 Å². The Kier molecular flexibility index (Phi) is 55.9. The summed E-state index contributed by atoms with van der Waals surface area (Å²) >= 11 is 0. The quantitative estimate of drug-likeness (QED) is 0.0195. The van der Waals surface area contributed by atoms with Crippen LogP contribution in [0.2, 0.25) is 0 Å². The van der Waals surface area contributed by atoms with Crippen molar-refractivity contribution in [3.8, 4) is 0 Å². The maximum atomic E-state index is 12.9. The smallest absolute Gasteiger partial charge is 0.306 e. The summed E-state index contributed by atoms with van der Waals surface area (Å²) in [5, 5.41) is 11.8. The van der Waals surface area contributed by atoms with Gasteiger partial charge < -0.3 is 33.3 Å². The zero-order valence-corrected chi connectivity index (χ0v) is 51.1. The van der Waals surface area contributed by atoms with E-state index in [-0.39, 0.29) is 32.7 Å². The minimum atomic E-state index is -1.65. The summed E-state index contributed by atoms with van der Waals surface area (Å²) in [5.41, 5.74) is 0. The molecule has 0 aliphatic rings. The van der Waals surface area contributed by atoms with E-state index in [0.717, 1.165) is 141 Å². The first-order valence-corrected chi connectivity index (χ1v) is 30.6. The largest absolute Gasteiger partial charge is 0.545 e. The molecule has 0 aromatic rings. The van der Waals surface area contributed by atoms with Crippen LogP contribution in [0.3, 0.4) is 0 Å². The second-order valence-corrected chi connectivity index (χ2v) is 20.5. The van der Waals surface area contributed by atoms with E-state index < -0.39 is 30.3 Å². The number of carboxylic acid groups (broad SMARTS) is 1. The Hall–Kier alpha value is -5.87. The van der Waals surface area contributed by atoms with Crippen LogP contribution in [0, 0.1) is 0 Å². The molecule has 0 aromatic carbocycles. The van der Waals surface area contributed by atoms with E-state index in [4.69, 9.17) is 18.9 Å². The van der Waals surface area contributed by atoms with Gasteiger partial charge in [0.15, 0.2) is 12.4 Å². The number of hydrogen-bond acceptors (Lipinski definition) is 8. The normalized spacial score (nSPS) is 14.1. The third kappa shape index (κ3) is 61.6. The first kappa shape index (κ1) is 75.1. The Bertz CT molecular complexity index is 2020. The monoisotopic (exact) mass is 1120 g/mol. The molecular weight excluding hydrogens is 1010 g/mol.